The van der Waals surface area contributed by atoms with E-state index in [2.05, 4.69) is 21.2 Å². The zero-order valence-corrected chi connectivity index (χ0v) is 11.7. The minimum Gasteiger partial charge on any atom is -0.336 e. The first kappa shape index (κ1) is 15.4. The molecule has 7 heteroatoms. The summed E-state index contributed by atoms with van der Waals surface area (Å²) in [5.41, 5.74) is 5.70. The third-order valence-corrected chi connectivity index (χ3v) is 2.82. The van der Waals surface area contributed by atoms with Crippen molar-refractivity contribution in [3.63, 3.8) is 0 Å². The Hall–Kier alpha value is -2.96. The number of hydrogen-bond donors (Lipinski definition) is 3. The van der Waals surface area contributed by atoms with Crippen LogP contribution in [-0.2, 0) is 6.42 Å². The van der Waals surface area contributed by atoms with Gasteiger partial charge in [-0.05, 0) is 42.3 Å². The zero-order chi connectivity index (χ0) is 15.8. The highest BCUT2D eigenvalue weighted by Crippen LogP contribution is 2.01. The number of urea groups is 1. The van der Waals surface area contributed by atoms with Crippen LogP contribution in [0.5, 0.6) is 0 Å². The van der Waals surface area contributed by atoms with Gasteiger partial charge in [-0.2, -0.15) is 0 Å². The minimum absolute atomic E-state index is 0.247. The standard InChI is InChI=1S/C15H15FN4O2/c16-13-5-3-12(4-6-13)14(21)19-20-15(22)18-9-7-11-2-1-8-17-10-11/h1-6,8,10H,7,9H2,(H,19,21)(H2,18,20,22). The Kier molecular flexibility index (Phi) is 5.42. The Morgan fingerprint density at radius 3 is 2.55 bits per heavy atom. The summed E-state index contributed by atoms with van der Waals surface area (Å²) in [5, 5.41) is 2.59. The summed E-state index contributed by atoms with van der Waals surface area (Å²) in [5.74, 6) is -0.958. The Labute approximate surface area is 126 Å². The molecule has 2 aromatic rings. The van der Waals surface area contributed by atoms with E-state index in [9.17, 15) is 14.0 Å². The molecule has 0 spiro atoms. The fourth-order valence-electron chi connectivity index (χ4n) is 1.70. The molecule has 3 amide bonds. The Balaban J connectivity index is 1.69. The van der Waals surface area contributed by atoms with E-state index in [1.807, 2.05) is 12.1 Å². The predicted molar refractivity (Wildman–Crippen MR) is 78.3 cm³/mol. The van der Waals surface area contributed by atoms with Crippen molar-refractivity contribution in [1.82, 2.24) is 21.2 Å². The molecule has 1 aromatic heterocycles. The van der Waals surface area contributed by atoms with Crippen LogP contribution in [0.2, 0.25) is 0 Å². The number of hydrazine groups is 1. The molecule has 114 valence electrons. The second kappa shape index (κ2) is 7.72. The first-order valence-electron chi connectivity index (χ1n) is 6.64. The number of carbonyl (C=O) groups is 2. The van der Waals surface area contributed by atoms with Gasteiger partial charge in [0.05, 0.1) is 0 Å². The van der Waals surface area contributed by atoms with Gasteiger partial charge in [0.2, 0.25) is 0 Å². The predicted octanol–water partition coefficient (Wildman–Crippen LogP) is 1.41. The average Bonchev–Trinajstić information content (AvgIpc) is 2.54. The van der Waals surface area contributed by atoms with E-state index in [1.165, 1.54) is 24.3 Å². The molecule has 0 bridgehead atoms. The molecule has 0 saturated carbocycles. The lowest BCUT2D eigenvalue weighted by Crippen LogP contribution is -2.47. The maximum absolute atomic E-state index is 12.7. The van der Waals surface area contributed by atoms with Crippen LogP contribution >= 0.6 is 0 Å². The Morgan fingerprint density at radius 2 is 1.86 bits per heavy atom. The number of halogens is 1. The number of benzene rings is 1. The van der Waals surface area contributed by atoms with E-state index in [0.717, 1.165) is 5.56 Å². The first-order chi connectivity index (χ1) is 10.6. The second-order valence-electron chi connectivity index (χ2n) is 4.45. The van der Waals surface area contributed by atoms with Crippen molar-refractivity contribution in [2.24, 2.45) is 0 Å². The summed E-state index contributed by atoms with van der Waals surface area (Å²) in [6.07, 6.45) is 4.03. The lowest BCUT2D eigenvalue weighted by molar-refractivity contribution is 0.0936. The van der Waals surface area contributed by atoms with Crippen LogP contribution in [-0.4, -0.2) is 23.5 Å². The molecule has 0 fully saturated rings. The molecule has 22 heavy (non-hydrogen) atoms. The van der Waals surface area contributed by atoms with Crippen LogP contribution in [0, 0.1) is 5.82 Å². The SMILES string of the molecule is O=C(NCCc1cccnc1)NNC(=O)c1ccc(F)cc1. The number of carbonyl (C=O) groups excluding carboxylic acids is 2. The Morgan fingerprint density at radius 1 is 1.09 bits per heavy atom. The number of nitrogens with one attached hydrogen (secondary N) is 3. The van der Waals surface area contributed by atoms with Crippen molar-refractivity contribution < 1.29 is 14.0 Å². The monoisotopic (exact) mass is 302 g/mol. The van der Waals surface area contributed by atoms with Gasteiger partial charge < -0.3 is 5.32 Å². The highest BCUT2D eigenvalue weighted by Gasteiger charge is 2.06. The molecule has 0 unspecified atom stereocenters. The quantitative estimate of drug-likeness (QED) is 0.747. The van der Waals surface area contributed by atoms with Gasteiger partial charge in [0.1, 0.15) is 5.82 Å². The topological polar surface area (TPSA) is 83.1 Å². The third-order valence-electron chi connectivity index (χ3n) is 2.82. The van der Waals surface area contributed by atoms with Crippen LogP contribution in [0.4, 0.5) is 9.18 Å². The molecule has 0 atom stereocenters. The largest absolute Gasteiger partial charge is 0.336 e. The molecule has 0 saturated heterocycles. The van der Waals surface area contributed by atoms with E-state index >= 15 is 0 Å². The van der Waals surface area contributed by atoms with Gasteiger partial charge in [-0.15, -0.1) is 0 Å². The molecule has 0 aliphatic carbocycles. The van der Waals surface area contributed by atoms with Gasteiger partial charge in [0, 0.05) is 24.5 Å². The molecule has 6 nitrogen and oxygen atoms in total. The number of nitrogens with zero attached hydrogens (tertiary/aromatic N) is 1. The average molecular weight is 302 g/mol. The number of pyridine rings is 1. The Bertz CT molecular complexity index is 632. The zero-order valence-electron chi connectivity index (χ0n) is 11.7. The van der Waals surface area contributed by atoms with Crippen molar-refractivity contribution in [3.8, 4) is 0 Å². The van der Waals surface area contributed by atoms with E-state index < -0.39 is 17.8 Å². The maximum Gasteiger partial charge on any atom is 0.333 e. The number of aromatic nitrogens is 1. The number of hydrogen-bond acceptors (Lipinski definition) is 3. The summed E-state index contributed by atoms with van der Waals surface area (Å²) in [6.45, 7) is 0.407. The lowest BCUT2D eigenvalue weighted by atomic mass is 10.2. The van der Waals surface area contributed by atoms with Crippen molar-refractivity contribution >= 4 is 11.9 Å². The fraction of sp³-hybridized carbons (Fsp3) is 0.133. The highest BCUT2D eigenvalue weighted by molar-refractivity contribution is 5.95. The highest BCUT2D eigenvalue weighted by atomic mass is 19.1. The third kappa shape index (κ3) is 4.86. The first-order valence-corrected chi connectivity index (χ1v) is 6.64. The molecule has 1 heterocycles. The summed E-state index contributed by atoms with van der Waals surface area (Å²) < 4.78 is 12.7. The van der Waals surface area contributed by atoms with E-state index in [4.69, 9.17) is 0 Å². The van der Waals surface area contributed by atoms with Crippen molar-refractivity contribution in [2.45, 2.75) is 6.42 Å². The van der Waals surface area contributed by atoms with Crippen molar-refractivity contribution in [3.05, 3.63) is 65.7 Å². The molecule has 0 aliphatic rings. The second-order valence-corrected chi connectivity index (χ2v) is 4.45. The van der Waals surface area contributed by atoms with Crippen LogP contribution in [0.1, 0.15) is 15.9 Å². The molecule has 0 radical (unpaired) electrons. The smallest absolute Gasteiger partial charge is 0.333 e. The molecule has 3 N–H and O–H groups in total. The summed E-state index contributed by atoms with van der Waals surface area (Å²) in [7, 11) is 0. The van der Waals surface area contributed by atoms with Gasteiger partial charge in [0.25, 0.3) is 5.91 Å². The van der Waals surface area contributed by atoms with Crippen LogP contribution < -0.4 is 16.2 Å². The van der Waals surface area contributed by atoms with Crippen LogP contribution in [0.25, 0.3) is 0 Å². The summed E-state index contributed by atoms with van der Waals surface area (Å²) in [6, 6.07) is 8.19. The normalized spacial score (nSPS) is 9.86. The molecular weight excluding hydrogens is 287 g/mol. The van der Waals surface area contributed by atoms with E-state index in [-0.39, 0.29) is 5.56 Å². The van der Waals surface area contributed by atoms with Gasteiger partial charge >= 0.3 is 6.03 Å². The molecule has 1 aromatic carbocycles. The molecule has 2 rings (SSSR count). The maximum atomic E-state index is 12.7. The van der Waals surface area contributed by atoms with Crippen molar-refractivity contribution in [1.29, 1.82) is 0 Å². The summed E-state index contributed by atoms with van der Waals surface area (Å²) in [4.78, 5) is 27.2. The number of rotatable bonds is 4. The summed E-state index contributed by atoms with van der Waals surface area (Å²) >= 11 is 0. The van der Waals surface area contributed by atoms with Crippen LogP contribution in [0.15, 0.2) is 48.8 Å². The van der Waals surface area contributed by atoms with E-state index in [1.54, 1.807) is 12.4 Å². The van der Waals surface area contributed by atoms with Gasteiger partial charge in [-0.1, -0.05) is 6.07 Å². The van der Waals surface area contributed by atoms with Gasteiger partial charge in [0.15, 0.2) is 0 Å². The van der Waals surface area contributed by atoms with Crippen LogP contribution in [0.3, 0.4) is 0 Å². The molecular formula is C15H15FN4O2. The molecule has 0 aliphatic heterocycles. The van der Waals surface area contributed by atoms with Gasteiger partial charge in [-0.3, -0.25) is 15.2 Å². The lowest BCUT2D eigenvalue weighted by Gasteiger charge is -2.09. The number of amides is 3. The van der Waals surface area contributed by atoms with Crippen molar-refractivity contribution in [2.75, 3.05) is 6.54 Å². The van der Waals surface area contributed by atoms with Gasteiger partial charge in [-0.25, -0.2) is 14.6 Å². The van der Waals surface area contributed by atoms with E-state index in [0.29, 0.717) is 13.0 Å². The fourth-order valence-corrected chi connectivity index (χ4v) is 1.70. The minimum atomic E-state index is -0.528.